The molecule has 25 heavy (non-hydrogen) atoms. The van der Waals surface area contributed by atoms with E-state index in [1.165, 1.54) is 31.5 Å². The molecule has 0 saturated carbocycles. The standard InChI is InChI=1S/C20H26N2O2S/c1-16-5-10-20(17(2)13-16)25(23,24)21-14-18-6-8-19(9-7-18)15-22-11-3-4-12-22/h5-10,13,21H,3-4,11-12,14-15H2,1-2H3. The zero-order chi connectivity index (χ0) is 17.9. The van der Waals surface area contributed by atoms with E-state index in [1.807, 2.05) is 38.1 Å². The molecule has 2 aromatic rings. The van der Waals surface area contributed by atoms with Crippen LogP contribution in [0, 0.1) is 13.8 Å². The fourth-order valence-corrected chi connectivity index (χ4v) is 4.56. The number of hydrogen-bond acceptors (Lipinski definition) is 3. The van der Waals surface area contributed by atoms with Gasteiger partial charge in [0.15, 0.2) is 0 Å². The molecule has 0 unspecified atom stereocenters. The molecule has 1 N–H and O–H groups in total. The molecule has 0 aromatic heterocycles. The Bertz CT molecular complexity index is 823. The molecule has 5 heteroatoms. The number of nitrogens with zero attached hydrogens (tertiary/aromatic N) is 1. The van der Waals surface area contributed by atoms with Crippen molar-refractivity contribution >= 4 is 10.0 Å². The Labute approximate surface area is 150 Å². The van der Waals surface area contributed by atoms with Gasteiger partial charge < -0.3 is 0 Å². The minimum Gasteiger partial charge on any atom is -0.299 e. The van der Waals surface area contributed by atoms with E-state index in [2.05, 4.69) is 21.8 Å². The highest BCUT2D eigenvalue weighted by molar-refractivity contribution is 7.89. The van der Waals surface area contributed by atoms with Crippen LogP contribution < -0.4 is 4.72 Å². The Hall–Kier alpha value is -1.69. The predicted molar refractivity (Wildman–Crippen MR) is 101 cm³/mol. The maximum atomic E-state index is 12.5. The molecule has 2 aromatic carbocycles. The summed E-state index contributed by atoms with van der Waals surface area (Å²) in [6, 6.07) is 13.6. The summed E-state index contributed by atoms with van der Waals surface area (Å²) in [4.78, 5) is 2.81. The van der Waals surface area contributed by atoms with Gasteiger partial charge in [-0.3, -0.25) is 4.90 Å². The summed E-state index contributed by atoms with van der Waals surface area (Å²) in [5.74, 6) is 0. The molecule has 1 aliphatic heterocycles. The minimum atomic E-state index is -3.49. The van der Waals surface area contributed by atoms with Gasteiger partial charge in [-0.1, -0.05) is 42.0 Å². The van der Waals surface area contributed by atoms with E-state index in [0.29, 0.717) is 11.4 Å². The molecule has 1 aliphatic rings. The van der Waals surface area contributed by atoms with E-state index in [4.69, 9.17) is 0 Å². The zero-order valence-electron chi connectivity index (χ0n) is 15.0. The highest BCUT2D eigenvalue weighted by atomic mass is 32.2. The quantitative estimate of drug-likeness (QED) is 0.861. The monoisotopic (exact) mass is 358 g/mol. The summed E-state index contributed by atoms with van der Waals surface area (Å²) in [7, 11) is -3.49. The van der Waals surface area contributed by atoms with E-state index >= 15 is 0 Å². The van der Waals surface area contributed by atoms with Gasteiger partial charge in [-0.05, 0) is 62.5 Å². The normalized spacial score (nSPS) is 15.6. The minimum absolute atomic E-state index is 0.305. The van der Waals surface area contributed by atoms with E-state index in [-0.39, 0.29) is 0 Å². The molecule has 1 heterocycles. The van der Waals surface area contributed by atoms with Crippen LogP contribution in [-0.2, 0) is 23.1 Å². The van der Waals surface area contributed by atoms with E-state index in [9.17, 15) is 8.42 Å². The van der Waals surface area contributed by atoms with Crippen molar-refractivity contribution in [2.24, 2.45) is 0 Å². The second-order valence-electron chi connectivity index (χ2n) is 6.89. The third-order valence-electron chi connectivity index (χ3n) is 4.71. The molecule has 0 bridgehead atoms. The summed E-state index contributed by atoms with van der Waals surface area (Å²) < 4.78 is 27.7. The number of likely N-dealkylation sites (tertiary alicyclic amines) is 1. The summed E-state index contributed by atoms with van der Waals surface area (Å²) >= 11 is 0. The molecule has 134 valence electrons. The number of rotatable bonds is 6. The Balaban J connectivity index is 1.62. The SMILES string of the molecule is Cc1ccc(S(=O)(=O)NCc2ccc(CN3CCCC3)cc2)c(C)c1. The van der Waals surface area contributed by atoms with Gasteiger partial charge in [-0.25, -0.2) is 13.1 Å². The number of sulfonamides is 1. The van der Waals surface area contributed by atoms with Crippen LogP contribution in [0.2, 0.25) is 0 Å². The van der Waals surface area contributed by atoms with Crippen molar-refractivity contribution in [3.63, 3.8) is 0 Å². The second-order valence-corrected chi connectivity index (χ2v) is 8.63. The average molecular weight is 359 g/mol. The third kappa shape index (κ3) is 4.69. The average Bonchev–Trinajstić information content (AvgIpc) is 3.07. The molecule has 0 spiro atoms. The van der Waals surface area contributed by atoms with E-state index in [0.717, 1.165) is 23.2 Å². The highest BCUT2D eigenvalue weighted by Crippen LogP contribution is 2.17. The Morgan fingerprint density at radius 1 is 0.960 bits per heavy atom. The zero-order valence-corrected chi connectivity index (χ0v) is 15.8. The first kappa shape index (κ1) is 18.1. The molecular formula is C20H26N2O2S. The Morgan fingerprint density at radius 3 is 2.24 bits per heavy atom. The first-order valence-electron chi connectivity index (χ1n) is 8.81. The van der Waals surface area contributed by atoms with Gasteiger partial charge in [0, 0.05) is 13.1 Å². The topological polar surface area (TPSA) is 49.4 Å². The number of hydrogen-bond donors (Lipinski definition) is 1. The van der Waals surface area contributed by atoms with Crippen LogP contribution in [0.3, 0.4) is 0 Å². The summed E-state index contributed by atoms with van der Waals surface area (Å²) in [5.41, 5.74) is 4.08. The van der Waals surface area contributed by atoms with Gasteiger partial charge >= 0.3 is 0 Å². The smallest absolute Gasteiger partial charge is 0.241 e. The van der Waals surface area contributed by atoms with Gasteiger partial charge in [-0.2, -0.15) is 0 Å². The van der Waals surface area contributed by atoms with Crippen LogP contribution in [0.5, 0.6) is 0 Å². The number of benzene rings is 2. The van der Waals surface area contributed by atoms with E-state index in [1.54, 1.807) is 6.07 Å². The number of nitrogens with one attached hydrogen (secondary N) is 1. The van der Waals surface area contributed by atoms with Crippen LogP contribution in [0.4, 0.5) is 0 Å². The summed E-state index contributed by atoms with van der Waals surface area (Å²) in [6.07, 6.45) is 2.58. The van der Waals surface area contributed by atoms with Gasteiger partial charge in [0.25, 0.3) is 0 Å². The lowest BCUT2D eigenvalue weighted by atomic mass is 10.1. The molecule has 0 radical (unpaired) electrons. The predicted octanol–water partition coefficient (Wildman–Crippen LogP) is 3.38. The number of aryl methyl sites for hydroxylation is 2. The largest absolute Gasteiger partial charge is 0.299 e. The maximum absolute atomic E-state index is 12.5. The fraction of sp³-hybridized carbons (Fsp3) is 0.400. The van der Waals surface area contributed by atoms with Crippen LogP contribution in [0.15, 0.2) is 47.4 Å². The van der Waals surface area contributed by atoms with Crippen LogP contribution in [0.1, 0.15) is 35.1 Å². The fourth-order valence-electron chi connectivity index (χ4n) is 3.32. The van der Waals surface area contributed by atoms with Crippen molar-refractivity contribution in [1.29, 1.82) is 0 Å². The van der Waals surface area contributed by atoms with Crippen LogP contribution in [-0.4, -0.2) is 26.4 Å². The van der Waals surface area contributed by atoms with Crippen molar-refractivity contribution in [3.05, 3.63) is 64.7 Å². The molecule has 0 aliphatic carbocycles. The lowest BCUT2D eigenvalue weighted by Gasteiger charge is -2.15. The third-order valence-corrected chi connectivity index (χ3v) is 6.28. The van der Waals surface area contributed by atoms with Gasteiger partial charge in [0.1, 0.15) is 0 Å². The lowest BCUT2D eigenvalue weighted by molar-refractivity contribution is 0.331. The van der Waals surface area contributed by atoms with Gasteiger partial charge in [0.2, 0.25) is 10.0 Å². The molecular weight excluding hydrogens is 332 g/mol. The first-order chi connectivity index (χ1) is 11.9. The first-order valence-corrected chi connectivity index (χ1v) is 10.3. The molecule has 0 amide bonds. The van der Waals surface area contributed by atoms with E-state index < -0.39 is 10.0 Å². The lowest BCUT2D eigenvalue weighted by Crippen LogP contribution is -2.24. The van der Waals surface area contributed by atoms with Crippen molar-refractivity contribution in [2.75, 3.05) is 13.1 Å². The summed E-state index contributed by atoms with van der Waals surface area (Å²) in [5, 5.41) is 0. The second kappa shape index (κ2) is 7.68. The van der Waals surface area contributed by atoms with Crippen molar-refractivity contribution < 1.29 is 8.42 Å². The maximum Gasteiger partial charge on any atom is 0.241 e. The highest BCUT2D eigenvalue weighted by Gasteiger charge is 2.16. The Kier molecular flexibility index (Phi) is 5.57. The van der Waals surface area contributed by atoms with Crippen molar-refractivity contribution in [3.8, 4) is 0 Å². The molecule has 0 atom stereocenters. The Morgan fingerprint density at radius 2 is 1.60 bits per heavy atom. The van der Waals surface area contributed by atoms with Crippen molar-refractivity contribution in [2.45, 2.75) is 44.7 Å². The van der Waals surface area contributed by atoms with Crippen molar-refractivity contribution in [1.82, 2.24) is 9.62 Å². The summed E-state index contributed by atoms with van der Waals surface area (Å²) in [6.45, 7) is 7.43. The molecule has 3 rings (SSSR count). The molecule has 1 saturated heterocycles. The molecule has 1 fully saturated rings. The molecule has 4 nitrogen and oxygen atoms in total. The van der Waals surface area contributed by atoms with Gasteiger partial charge in [0.05, 0.1) is 4.90 Å². The van der Waals surface area contributed by atoms with Crippen LogP contribution >= 0.6 is 0 Å². The van der Waals surface area contributed by atoms with Crippen LogP contribution in [0.25, 0.3) is 0 Å². The van der Waals surface area contributed by atoms with Gasteiger partial charge in [-0.15, -0.1) is 0 Å².